The first-order valence-electron chi connectivity index (χ1n) is 8.18. The van der Waals surface area contributed by atoms with Gasteiger partial charge in [0.25, 0.3) is 0 Å². The summed E-state index contributed by atoms with van der Waals surface area (Å²) in [5, 5.41) is 5.69. The van der Waals surface area contributed by atoms with Crippen LogP contribution in [0.25, 0.3) is 0 Å². The minimum atomic E-state index is -0.896. The van der Waals surface area contributed by atoms with E-state index in [1.54, 1.807) is 40.8 Å². The number of alkyl carbamates (subject to hydrolysis) is 1. The van der Waals surface area contributed by atoms with Crippen LogP contribution in [-0.2, 0) is 16.1 Å². The SMILES string of the molecule is CC.CNc1cc(CNC(=O)OC(C)C)ccc1OC(C)(C)C=O. The molecule has 0 saturated heterocycles. The molecular formula is C18H30N2O4. The lowest BCUT2D eigenvalue weighted by molar-refractivity contribution is -0.118. The third-order valence-electron chi connectivity index (χ3n) is 2.75. The van der Waals surface area contributed by atoms with Crippen LogP contribution in [0.1, 0.15) is 47.1 Å². The van der Waals surface area contributed by atoms with E-state index >= 15 is 0 Å². The van der Waals surface area contributed by atoms with Crippen molar-refractivity contribution in [3.8, 4) is 5.75 Å². The van der Waals surface area contributed by atoms with Crippen molar-refractivity contribution in [1.29, 1.82) is 0 Å². The maximum Gasteiger partial charge on any atom is 0.407 e. The number of hydrogen-bond acceptors (Lipinski definition) is 5. The Morgan fingerprint density at radius 1 is 1.29 bits per heavy atom. The number of nitrogens with one attached hydrogen (secondary N) is 2. The quantitative estimate of drug-likeness (QED) is 0.741. The summed E-state index contributed by atoms with van der Waals surface area (Å²) in [7, 11) is 1.76. The molecule has 0 saturated carbocycles. The van der Waals surface area contributed by atoms with Gasteiger partial charge < -0.3 is 20.1 Å². The molecule has 0 unspecified atom stereocenters. The predicted octanol–water partition coefficient (Wildman–Crippen LogP) is 3.75. The molecular weight excluding hydrogens is 308 g/mol. The molecule has 0 aliphatic rings. The van der Waals surface area contributed by atoms with Gasteiger partial charge in [0.15, 0.2) is 11.9 Å². The number of rotatable bonds is 7. The standard InChI is InChI=1S/C16H24N2O4.C2H6/c1-11(2)21-15(20)18-9-12-6-7-14(13(8-12)17-5)22-16(3,4)10-19;1-2/h6-8,10-11,17H,9H2,1-5H3,(H,18,20);1-2H3. The molecule has 1 amide bonds. The van der Waals surface area contributed by atoms with E-state index in [0.29, 0.717) is 12.3 Å². The molecule has 1 aromatic carbocycles. The Labute approximate surface area is 144 Å². The van der Waals surface area contributed by atoms with E-state index in [0.717, 1.165) is 17.5 Å². The van der Waals surface area contributed by atoms with Crippen LogP contribution in [0.5, 0.6) is 5.75 Å². The highest BCUT2D eigenvalue weighted by molar-refractivity contribution is 5.68. The second kappa shape index (κ2) is 10.5. The molecule has 0 fully saturated rings. The topological polar surface area (TPSA) is 76.7 Å². The summed E-state index contributed by atoms with van der Waals surface area (Å²) in [6, 6.07) is 5.44. The number of carbonyl (C=O) groups is 2. The summed E-state index contributed by atoms with van der Waals surface area (Å²) in [4.78, 5) is 22.4. The van der Waals surface area contributed by atoms with Crippen molar-refractivity contribution < 1.29 is 19.1 Å². The van der Waals surface area contributed by atoms with Crippen molar-refractivity contribution in [2.24, 2.45) is 0 Å². The molecule has 0 atom stereocenters. The smallest absolute Gasteiger partial charge is 0.407 e. The first kappa shape index (κ1) is 21.8. The lowest BCUT2D eigenvalue weighted by atomic mass is 10.1. The Hall–Kier alpha value is -2.24. The molecule has 24 heavy (non-hydrogen) atoms. The molecule has 6 heteroatoms. The molecule has 0 spiro atoms. The van der Waals surface area contributed by atoms with Crippen molar-refractivity contribution in [2.75, 3.05) is 12.4 Å². The third kappa shape index (κ3) is 7.85. The lowest BCUT2D eigenvalue weighted by Crippen LogP contribution is -2.30. The Morgan fingerprint density at radius 3 is 2.42 bits per heavy atom. The van der Waals surface area contributed by atoms with Gasteiger partial charge in [0.1, 0.15) is 5.75 Å². The zero-order valence-electron chi connectivity index (χ0n) is 15.7. The number of ether oxygens (including phenoxy) is 2. The number of anilines is 1. The van der Waals surface area contributed by atoms with E-state index in [9.17, 15) is 9.59 Å². The number of benzene rings is 1. The molecule has 2 N–H and O–H groups in total. The largest absolute Gasteiger partial charge is 0.478 e. The highest BCUT2D eigenvalue weighted by Crippen LogP contribution is 2.28. The van der Waals surface area contributed by atoms with Gasteiger partial charge >= 0.3 is 6.09 Å². The van der Waals surface area contributed by atoms with Crippen LogP contribution in [0.3, 0.4) is 0 Å². The lowest BCUT2D eigenvalue weighted by Gasteiger charge is -2.22. The Kier molecular flexibility index (Phi) is 9.54. The van der Waals surface area contributed by atoms with Gasteiger partial charge in [-0.05, 0) is 45.4 Å². The van der Waals surface area contributed by atoms with Crippen LogP contribution in [0.15, 0.2) is 18.2 Å². The average molecular weight is 338 g/mol. The van der Waals surface area contributed by atoms with Crippen LogP contribution >= 0.6 is 0 Å². The van der Waals surface area contributed by atoms with Gasteiger partial charge in [-0.15, -0.1) is 0 Å². The number of amides is 1. The van der Waals surface area contributed by atoms with Gasteiger partial charge in [-0.25, -0.2) is 4.79 Å². The summed E-state index contributed by atoms with van der Waals surface area (Å²) in [6.45, 7) is 11.3. The van der Waals surface area contributed by atoms with Crippen molar-refractivity contribution >= 4 is 18.1 Å². The van der Waals surface area contributed by atoms with Crippen molar-refractivity contribution in [1.82, 2.24) is 5.32 Å². The molecule has 0 heterocycles. The van der Waals surface area contributed by atoms with E-state index in [-0.39, 0.29) is 6.10 Å². The fourth-order valence-corrected chi connectivity index (χ4v) is 1.71. The number of carbonyl (C=O) groups excluding carboxylic acids is 2. The maximum atomic E-state index is 11.5. The van der Waals surface area contributed by atoms with E-state index in [1.807, 2.05) is 26.0 Å². The van der Waals surface area contributed by atoms with Crippen LogP contribution < -0.4 is 15.4 Å². The molecule has 136 valence electrons. The van der Waals surface area contributed by atoms with Crippen molar-refractivity contribution in [3.63, 3.8) is 0 Å². The molecule has 0 aliphatic heterocycles. The summed E-state index contributed by atoms with van der Waals surface area (Å²) < 4.78 is 10.7. The van der Waals surface area contributed by atoms with Gasteiger partial charge in [0.2, 0.25) is 0 Å². The monoisotopic (exact) mass is 338 g/mol. The van der Waals surface area contributed by atoms with Gasteiger partial charge in [-0.1, -0.05) is 19.9 Å². The highest BCUT2D eigenvalue weighted by atomic mass is 16.6. The van der Waals surface area contributed by atoms with Crippen LogP contribution in [0, 0.1) is 0 Å². The minimum Gasteiger partial charge on any atom is -0.478 e. The van der Waals surface area contributed by atoms with Gasteiger partial charge in [0, 0.05) is 13.6 Å². The molecule has 6 nitrogen and oxygen atoms in total. The zero-order chi connectivity index (χ0) is 18.8. The Morgan fingerprint density at radius 2 is 1.92 bits per heavy atom. The predicted molar refractivity (Wildman–Crippen MR) is 96.6 cm³/mol. The van der Waals surface area contributed by atoms with E-state index < -0.39 is 11.7 Å². The summed E-state index contributed by atoms with van der Waals surface area (Å²) in [6.07, 6.45) is 0.141. The van der Waals surface area contributed by atoms with Gasteiger partial charge in [0.05, 0.1) is 11.8 Å². The highest BCUT2D eigenvalue weighted by Gasteiger charge is 2.20. The fourth-order valence-electron chi connectivity index (χ4n) is 1.71. The first-order valence-corrected chi connectivity index (χ1v) is 8.18. The van der Waals surface area contributed by atoms with Crippen LogP contribution in [0.4, 0.5) is 10.5 Å². The summed E-state index contributed by atoms with van der Waals surface area (Å²) in [5.74, 6) is 0.577. The van der Waals surface area contributed by atoms with E-state index in [1.165, 1.54) is 0 Å². The molecule has 0 bridgehead atoms. The first-order chi connectivity index (χ1) is 11.3. The van der Waals surface area contributed by atoms with E-state index in [4.69, 9.17) is 9.47 Å². The molecule has 1 aromatic rings. The normalized spacial score (nSPS) is 10.3. The molecule has 0 aromatic heterocycles. The second-order valence-corrected chi connectivity index (χ2v) is 5.71. The maximum absolute atomic E-state index is 11.5. The molecule has 0 aliphatic carbocycles. The Balaban J connectivity index is 0.00000254. The minimum absolute atomic E-state index is 0.158. The fraction of sp³-hybridized carbons (Fsp3) is 0.556. The van der Waals surface area contributed by atoms with Gasteiger partial charge in [-0.3, -0.25) is 4.79 Å². The summed E-state index contributed by atoms with van der Waals surface area (Å²) in [5.41, 5.74) is 0.736. The van der Waals surface area contributed by atoms with Crippen molar-refractivity contribution in [2.45, 2.75) is 59.8 Å². The average Bonchev–Trinajstić information content (AvgIpc) is 2.55. The zero-order valence-corrected chi connectivity index (χ0v) is 15.7. The second-order valence-electron chi connectivity index (χ2n) is 5.71. The van der Waals surface area contributed by atoms with Gasteiger partial charge in [-0.2, -0.15) is 0 Å². The number of hydrogen-bond donors (Lipinski definition) is 2. The third-order valence-corrected chi connectivity index (χ3v) is 2.75. The number of aldehydes is 1. The van der Waals surface area contributed by atoms with Crippen molar-refractivity contribution in [3.05, 3.63) is 23.8 Å². The van der Waals surface area contributed by atoms with Crippen LogP contribution in [-0.4, -0.2) is 31.1 Å². The van der Waals surface area contributed by atoms with Crippen LogP contribution in [0.2, 0.25) is 0 Å². The molecule has 0 radical (unpaired) electrons. The summed E-state index contributed by atoms with van der Waals surface area (Å²) >= 11 is 0. The van der Waals surface area contributed by atoms with E-state index in [2.05, 4.69) is 10.6 Å². The Bertz CT molecular complexity index is 528. The molecule has 1 rings (SSSR count).